The first kappa shape index (κ1) is 14.2. The first-order valence-electron chi connectivity index (χ1n) is 5.91. The summed E-state index contributed by atoms with van der Waals surface area (Å²) in [7, 11) is 3.05. The monoisotopic (exact) mass is 238 g/mol. The molecule has 3 nitrogen and oxygen atoms in total. The molecule has 0 aliphatic carbocycles. The molecule has 96 valence electrons. The van der Waals surface area contributed by atoms with E-state index >= 15 is 0 Å². The summed E-state index contributed by atoms with van der Waals surface area (Å²) in [6, 6.07) is 8.28. The van der Waals surface area contributed by atoms with Crippen molar-refractivity contribution >= 4 is 0 Å². The highest BCUT2D eigenvalue weighted by molar-refractivity contribution is 5.25. The number of rotatable bonds is 6. The fourth-order valence-corrected chi connectivity index (χ4v) is 1.79. The van der Waals surface area contributed by atoms with Crippen molar-refractivity contribution in [3.63, 3.8) is 0 Å². The second-order valence-electron chi connectivity index (χ2n) is 4.51. The lowest BCUT2D eigenvalue weighted by Gasteiger charge is -2.20. The van der Waals surface area contributed by atoms with Gasteiger partial charge in [0, 0.05) is 20.6 Å². The fourth-order valence-electron chi connectivity index (χ4n) is 1.79. The van der Waals surface area contributed by atoms with Crippen LogP contribution in [-0.4, -0.2) is 31.7 Å². The van der Waals surface area contributed by atoms with Gasteiger partial charge in [0.05, 0.1) is 0 Å². The van der Waals surface area contributed by atoms with Crippen LogP contribution in [0.3, 0.4) is 0 Å². The van der Waals surface area contributed by atoms with Gasteiger partial charge in [0.1, 0.15) is 6.10 Å². The molecule has 3 heteroatoms. The summed E-state index contributed by atoms with van der Waals surface area (Å²) in [5.74, 6) is 0.527. The van der Waals surface area contributed by atoms with Crippen molar-refractivity contribution in [2.75, 3.05) is 14.2 Å². The van der Waals surface area contributed by atoms with Gasteiger partial charge in [0.2, 0.25) is 0 Å². The molecule has 0 saturated carbocycles. The van der Waals surface area contributed by atoms with Crippen molar-refractivity contribution in [2.45, 2.75) is 38.6 Å². The molecule has 1 atom stereocenters. The Kier molecular flexibility index (Phi) is 5.62. The number of aliphatic hydroxyl groups excluding tert-OH is 1. The number of aliphatic hydroxyl groups is 1. The Hall–Kier alpha value is -0.900. The molecule has 0 heterocycles. The Morgan fingerprint density at radius 2 is 1.59 bits per heavy atom. The van der Waals surface area contributed by atoms with Crippen LogP contribution < -0.4 is 0 Å². The summed E-state index contributed by atoms with van der Waals surface area (Å²) in [5.41, 5.74) is 2.39. The maximum absolute atomic E-state index is 9.89. The van der Waals surface area contributed by atoms with Gasteiger partial charge in [-0.3, -0.25) is 0 Å². The van der Waals surface area contributed by atoms with Crippen LogP contribution in [0.1, 0.15) is 30.9 Å². The third kappa shape index (κ3) is 4.11. The lowest BCUT2D eigenvalue weighted by molar-refractivity contribution is -0.163. The van der Waals surface area contributed by atoms with E-state index in [-0.39, 0.29) is 0 Å². The minimum absolute atomic E-state index is 0.527. The van der Waals surface area contributed by atoms with Gasteiger partial charge in [-0.15, -0.1) is 0 Å². The lowest BCUT2D eigenvalue weighted by atomic mass is 9.99. The van der Waals surface area contributed by atoms with E-state index in [2.05, 4.69) is 26.0 Å². The smallest absolute Gasteiger partial charge is 0.183 e. The molecule has 0 aliphatic rings. The zero-order chi connectivity index (χ0) is 12.8. The molecule has 0 aromatic heterocycles. The van der Waals surface area contributed by atoms with Gasteiger partial charge in [-0.05, 0) is 17.0 Å². The van der Waals surface area contributed by atoms with Crippen molar-refractivity contribution in [2.24, 2.45) is 0 Å². The summed E-state index contributed by atoms with van der Waals surface area (Å²) in [4.78, 5) is 0. The Balaban J connectivity index is 2.62. The van der Waals surface area contributed by atoms with Gasteiger partial charge in [-0.1, -0.05) is 38.1 Å². The molecule has 1 N–H and O–H groups in total. The quantitative estimate of drug-likeness (QED) is 0.773. The second-order valence-corrected chi connectivity index (χ2v) is 4.51. The molecule has 1 unspecified atom stereocenters. The van der Waals surface area contributed by atoms with Crippen LogP contribution in [0.5, 0.6) is 0 Å². The molecule has 0 amide bonds. The maximum atomic E-state index is 9.89. The maximum Gasteiger partial charge on any atom is 0.183 e. The molecule has 0 saturated heterocycles. The van der Waals surface area contributed by atoms with E-state index in [1.54, 1.807) is 0 Å². The molecule has 0 radical (unpaired) electrons. The van der Waals surface area contributed by atoms with E-state index in [1.165, 1.54) is 19.8 Å². The van der Waals surface area contributed by atoms with E-state index in [1.807, 2.05) is 12.1 Å². The highest BCUT2D eigenvalue weighted by Crippen LogP contribution is 2.16. The summed E-state index contributed by atoms with van der Waals surface area (Å²) in [6.45, 7) is 4.32. The minimum Gasteiger partial charge on any atom is -0.387 e. The van der Waals surface area contributed by atoms with E-state index < -0.39 is 12.4 Å². The predicted molar refractivity (Wildman–Crippen MR) is 68.0 cm³/mol. The van der Waals surface area contributed by atoms with Crippen LogP contribution in [0.4, 0.5) is 0 Å². The fraction of sp³-hybridized carbons (Fsp3) is 0.571. The Bertz CT molecular complexity index is 315. The molecule has 1 rings (SSSR count). The molecule has 0 spiro atoms. The van der Waals surface area contributed by atoms with Crippen LogP contribution in [0.25, 0.3) is 0 Å². The molecule has 0 aliphatic heterocycles. The van der Waals surface area contributed by atoms with Crippen molar-refractivity contribution in [1.82, 2.24) is 0 Å². The van der Waals surface area contributed by atoms with Crippen molar-refractivity contribution in [3.05, 3.63) is 35.4 Å². The van der Waals surface area contributed by atoms with Crippen molar-refractivity contribution < 1.29 is 14.6 Å². The molecular formula is C14H22O3. The molecule has 1 aromatic carbocycles. The molecule has 0 bridgehead atoms. The van der Waals surface area contributed by atoms with Gasteiger partial charge in [-0.25, -0.2) is 0 Å². The number of hydrogen-bond donors (Lipinski definition) is 1. The van der Waals surface area contributed by atoms with E-state index in [4.69, 9.17) is 9.47 Å². The second kappa shape index (κ2) is 6.74. The first-order chi connectivity index (χ1) is 8.08. The van der Waals surface area contributed by atoms with Crippen molar-refractivity contribution in [1.29, 1.82) is 0 Å². The standard InChI is InChI=1S/C14H22O3/c1-10(2)12-7-5-11(6-8-12)9-13(15)14(16-3)17-4/h5-8,10,13-15H,9H2,1-4H3. The number of hydrogen-bond acceptors (Lipinski definition) is 3. The van der Waals surface area contributed by atoms with Gasteiger partial charge in [0.15, 0.2) is 6.29 Å². The van der Waals surface area contributed by atoms with Crippen LogP contribution in [0.15, 0.2) is 24.3 Å². The van der Waals surface area contributed by atoms with Gasteiger partial charge in [0.25, 0.3) is 0 Å². The Morgan fingerprint density at radius 1 is 1.06 bits per heavy atom. The number of methoxy groups -OCH3 is 2. The molecule has 1 aromatic rings. The van der Waals surface area contributed by atoms with Crippen LogP contribution in [0, 0.1) is 0 Å². The van der Waals surface area contributed by atoms with Crippen LogP contribution in [-0.2, 0) is 15.9 Å². The summed E-state index contributed by atoms with van der Waals surface area (Å²) in [6.07, 6.45) is -0.681. The third-order valence-corrected chi connectivity index (χ3v) is 2.87. The zero-order valence-corrected chi connectivity index (χ0v) is 11.0. The predicted octanol–water partition coefficient (Wildman–Crippen LogP) is 2.33. The third-order valence-electron chi connectivity index (χ3n) is 2.87. The van der Waals surface area contributed by atoms with Crippen molar-refractivity contribution in [3.8, 4) is 0 Å². The normalized spacial score (nSPS) is 13.4. The van der Waals surface area contributed by atoms with Gasteiger partial charge < -0.3 is 14.6 Å². The summed E-state index contributed by atoms with van der Waals surface area (Å²) < 4.78 is 10.0. The van der Waals surface area contributed by atoms with E-state index in [0.29, 0.717) is 12.3 Å². The topological polar surface area (TPSA) is 38.7 Å². The number of benzene rings is 1. The Morgan fingerprint density at radius 3 is 2.00 bits per heavy atom. The lowest BCUT2D eigenvalue weighted by Crippen LogP contribution is -2.31. The molecule has 0 fully saturated rings. The van der Waals surface area contributed by atoms with Gasteiger partial charge in [-0.2, -0.15) is 0 Å². The average molecular weight is 238 g/mol. The zero-order valence-electron chi connectivity index (χ0n) is 11.0. The first-order valence-corrected chi connectivity index (χ1v) is 5.91. The highest BCUT2D eigenvalue weighted by atomic mass is 16.7. The van der Waals surface area contributed by atoms with E-state index in [0.717, 1.165) is 5.56 Å². The number of ether oxygens (including phenoxy) is 2. The van der Waals surface area contributed by atoms with Crippen LogP contribution in [0.2, 0.25) is 0 Å². The van der Waals surface area contributed by atoms with E-state index in [9.17, 15) is 5.11 Å². The summed E-state index contributed by atoms with van der Waals surface area (Å²) in [5, 5.41) is 9.89. The SMILES string of the molecule is COC(OC)C(O)Cc1ccc(C(C)C)cc1. The molecular weight excluding hydrogens is 216 g/mol. The average Bonchev–Trinajstić information content (AvgIpc) is 2.31. The minimum atomic E-state index is -0.644. The largest absolute Gasteiger partial charge is 0.387 e. The van der Waals surface area contributed by atoms with Gasteiger partial charge >= 0.3 is 0 Å². The molecule has 17 heavy (non-hydrogen) atoms. The van der Waals surface area contributed by atoms with Crippen LogP contribution >= 0.6 is 0 Å². The highest BCUT2D eigenvalue weighted by Gasteiger charge is 2.18. The Labute approximate surface area is 103 Å². The summed E-state index contributed by atoms with van der Waals surface area (Å²) >= 11 is 0.